The number of amides is 1. The van der Waals surface area contributed by atoms with Crippen molar-refractivity contribution in [3.63, 3.8) is 0 Å². The quantitative estimate of drug-likeness (QED) is 0.695. The van der Waals surface area contributed by atoms with E-state index in [-0.39, 0.29) is 11.8 Å². The van der Waals surface area contributed by atoms with Gasteiger partial charge in [-0.25, -0.2) is 0 Å². The molecule has 5 nitrogen and oxygen atoms in total. The monoisotopic (exact) mass is 226 g/mol. The summed E-state index contributed by atoms with van der Waals surface area (Å²) >= 11 is 0. The third-order valence-corrected chi connectivity index (χ3v) is 3.50. The second-order valence-corrected chi connectivity index (χ2v) is 4.95. The van der Waals surface area contributed by atoms with Crippen molar-refractivity contribution >= 4 is 11.9 Å². The van der Waals surface area contributed by atoms with Gasteiger partial charge in [0.25, 0.3) is 0 Å². The van der Waals surface area contributed by atoms with Gasteiger partial charge in [0.1, 0.15) is 0 Å². The molecule has 0 spiro atoms. The molecule has 1 aliphatic heterocycles. The second kappa shape index (κ2) is 4.41. The number of aliphatic carboxylic acids is 1. The minimum absolute atomic E-state index is 0.0815. The van der Waals surface area contributed by atoms with E-state index in [1.165, 1.54) is 0 Å². The first-order valence-corrected chi connectivity index (χ1v) is 5.77. The maximum atomic E-state index is 11.6. The predicted molar refractivity (Wildman–Crippen MR) is 57.8 cm³/mol. The van der Waals surface area contributed by atoms with Crippen LogP contribution in [0.1, 0.15) is 12.8 Å². The van der Waals surface area contributed by atoms with Crippen LogP contribution < -0.4 is 5.32 Å². The molecule has 2 N–H and O–H groups in total. The summed E-state index contributed by atoms with van der Waals surface area (Å²) in [6, 6.07) is 0. The van der Waals surface area contributed by atoms with Gasteiger partial charge in [0, 0.05) is 13.1 Å². The molecule has 0 aromatic carbocycles. The molecule has 3 atom stereocenters. The third kappa shape index (κ3) is 2.52. The first-order valence-electron chi connectivity index (χ1n) is 5.77. The molecule has 2 fully saturated rings. The molecule has 5 heteroatoms. The Kier molecular flexibility index (Phi) is 3.14. The summed E-state index contributed by atoms with van der Waals surface area (Å²) in [6.07, 6.45) is 1.62. The highest BCUT2D eigenvalue weighted by molar-refractivity contribution is 5.89. The maximum Gasteiger partial charge on any atom is 0.307 e. The van der Waals surface area contributed by atoms with Gasteiger partial charge in [-0.2, -0.15) is 0 Å². The van der Waals surface area contributed by atoms with E-state index in [0.29, 0.717) is 18.9 Å². The Balaban J connectivity index is 1.67. The highest BCUT2D eigenvalue weighted by atomic mass is 16.4. The molecule has 1 aliphatic carbocycles. The smallest absolute Gasteiger partial charge is 0.307 e. The Labute approximate surface area is 94.8 Å². The Bertz CT molecular complexity index is 306. The molecule has 1 saturated carbocycles. The van der Waals surface area contributed by atoms with Crippen LogP contribution in [0.5, 0.6) is 0 Å². The largest absolute Gasteiger partial charge is 0.481 e. The van der Waals surface area contributed by atoms with Crippen molar-refractivity contribution < 1.29 is 14.7 Å². The lowest BCUT2D eigenvalue weighted by Gasteiger charge is -2.11. The zero-order valence-electron chi connectivity index (χ0n) is 9.48. The number of nitrogens with zero attached hydrogens (tertiary/aromatic N) is 1. The average molecular weight is 226 g/mol. The van der Waals surface area contributed by atoms with Crippen molar-refractivity contribution in [3.8, 4) is 0 Å². The number of nitrogens with one attached hydrogen (secondary N) is 1. The zero-order chi connectivity index (χ0) is 11.7. The minimum Gasteiger partial charge on any atom is -0.481 e. The maximum absolute atomic E-state index is 11.6. The lowest BCUT2D eigenvalue weighted by Crippen LogP contribution is -2.32. The van der Waals surface area contributed by atoms with E-state index in [0.717, 1.165) is 19.5 Å². The number of carboxylic acid groups (broad SMARTS) is 1. The van der Waals surface area contributed by atoms with Crippen LogP contribution in [0.4, 0.5) is 0 Å². The number of hydrogen-bond acceptors (Lipinski definition) is 3. The Morgan fingerprint density at radius 3 is 2.69 bits per heavy atom. The molecule has 0 radical (unpaired) electrons. The first kappa shape index (κ1) is 11.4. The molecule has 0 aromatic heterocycles. The van der Waals surface area contributed by atoms with Gasteiger partial charge >= 0.3 is 5.97 Å². The molecule has 2 aliphatic rings. The standard InChI is InChI=1S/C11H18N2O3/c1-13-3-2-7(6-13)5-12-10(14)8-4-9(8)11(15)16/h7-9H,2-6H2,1H3,(H,12,14)(H,15,16)/t7?,8-,9+/m1/s1. The van der Waals surface area contributed by atoms with E-state index in [9.17, 15) is 9.59 Å². The van der Waals surface area contributed by atoms with Crippen molar-refractivity contribution in [2.45, 2.75) is 12.8 Å². The molecule has 16 heavy (non-hydrogen) atoms. The number of hydrogen-bond donors (Lipinski definition) is 2. The van der Waals surface area contributed by atoms with Crippen molar-refractivity contribution in [2.75, 3.05) is 26.7 Å². The normalized spacial score (nSPS) is 33.7. The van der Waals surface area contributed by atoms with Crippen LogP contribution in [0.3, 0.4) is 0 Å². The number of carboxylic acids is 1. The molecule has 1 heterocycles. The fourth-order valence-electron chi connectivity index (χ4n) is 2.33. The highest BCUT2D eigenvalue weighted by Gasteiger charge is 2.48. The Morgan fingerprint density at radius 2 is 2.19 bits per heavy atom. The van der Waals surface area contributed by atoms with E-state index >= 15 is 0 Å². The zero-order valence-corrected chi connectivity index (χ0v) is 9.48. The number of rotatable bonds is 4. The Hall–Kier alpha value is -1.10. The van der Waals surface area contributed by atoms with Crippen LogP contribution >= 0.6 is 0 Å². The van der Waals surface area contributed by atoms with Crippen molar-refractivity contribution in [2.24, 2.45) is 17.8 Å². The summed E-state index contributed by atoms with van der Waals surface area (Å²) < 4.78 is 0. The van der Waals surface area contributed by atoms with E-state index in [2.05, 4.69) is 17.3 Å². The van der Waals surface area contributed by atoms with Crippen LogP contribution in [-0.4, -0.2) is 48.6 Å². The van der Waals surface area contributed by atoms with E-state index < -0.39 is 11.9 Å². The summed E-state index contributed by atoms with van der Waals surface area (Å²) in [5.41, 5.74) is 0. The van der Waals surface area contributed by atoms with E-state index in [4.69, 9.17) is 5.11 Å². The van der Waals surface area contributed by atoms with Crippen LogP contribution in [0.2, 0.25) is 0 Å². The van der Waals surface area contributed by atoms with Crippen molar-refractivity contribution in [3.05, 3.63) is 0 Å². The molecule has 0 bridgehead atoms. The fraction of sp³-hybridized carbons (Fsp3) is 0.818. The molecule has 1 saturated heterocycles. The highest BCUT2D eigenvalue weighted by Crippen LogP contribution is 2.38. The summed E-state index contributed by atoms with van der Waals surface area (Å²) in [7, 11) is 2.07. The van der Waals surface area contributed by atoms with Gasteiger partial charge in [-0.3, -0.25) is 9.59 Å². The summed E-state index contributed by atoms with van der Waals surface area (Å²) in [5, 5.41) is 11.6. The fourth-order valence-corrected chi connectivity index (χ4v) is 2.33. The molecular formula is C11H18N2O3. The third-order valence-electron chi connectivity index (χ3n) is 3.50. The van der Waals surface area contributed by atoms with Gasteiger partial charge in [0.2, 0.25) is 5.91 Å². The topological polar surface area (TPSA) is 69.6 Å². The second-order valence-electron chi connectivity index (χ2n) is 4.95. The average Bonchev–Trinajstić information content (AvgIpc) is 2.93. The lowest BCUT2D eigenvalue weighted by molar-refractivity contribution is -0.140. The van der Waals surface area contributed by atoms with Crippen LogP contribution in [0, 0.1) is 17.8 Å². The SMILES string of the molecule is CN1CCC(CNC(=O)[C@@H]2C[C@@H]2C(=O)O)C1. The number of carbonyl (C=O) groups excluding carboxylic acids is 1. The molecule has 1 amide bonds. The van der Waals surface area contributed by atoms with Gasteiger partial charge in [-0.15, -0.1) is 0 Å². The molecular weight excluding hydrogens is 208 g/mol. The van der Waals surface area contributed by atoms with Crippen LogP contribution in [0.15, 0.2) is 0 Å². The summed E-state index contributed by atoms with van der Waals surface area (Å²) in [6.45, 7) is 2.79. The van der Waals surface area contributed by atoms with Crippen molar-refractivity contribution in [1.29, 1.82) is 0 Å². The van der Waals surface area contributed by atoms with Gasteiger partial charge in [-0.05, 0) is 32.4 Å². The van der Waals surface area contributed by atoms with Crippen LogP contribution in [-0.2, 0) is 9.59 Å². The van der Waals surface area contributed by atoms with Gasteiger partial charge < -0.3 is 15.3 Å². The molecule has 2 rings (SSSR count). The molecule has 1 unspecified atom stereocenters. The van der Waals surface area contributed by atoms with Gasteiger partial charge in [0.15, 0.2) is 0 Å². The van der Waals surface area contributed by atoms with E-state index in [1.54, 1.807) is 0 Å². The Morgan fingerprint density at radius 1 is 1.44 bits per heavy atom. The van der Waals surface area contributed by atoms with Gasteiger partial charge in [-0.1, -0.05) is 0 Å². The number of carbonyl (C=O) groups is 2. The first-order chi connectivity index (χ1) is 7.58. The predicted octanol–water partition coefficient (Wildman–Crippen LogP) is -0.225. The summed E-state index contributed by atoms with van der Waals surface area (Å²) in [4.78, 5) is 24.4. The number of likely N-dealkylation sites (tertiary alicyclic amines) is 1. The van der Waals surface area contributed by atoms with E-state index in [1.807, 2.05) is 0 Å². The minimum atomic E-state index is -0.847. The van der Waals surface area contributed by atoms with Crippen molar-refractivity contribution in [1.82, 2.24) is 10.2 Å². The van der Waals surface area contributed by atoms with Crippen LogP contribution in [0.25, 0.3) is 0 Å². The van der Waals surface area contributed by atoms with Gasteiger partial charge in [0.05, 0.1) is 11.8 Å². The lowest BCUT2D eigenvalue weighted by atomic mass is 10.1. The molecule has 0 aromatic rings. The summed E-state index contributed by atoms with van der Waals surface area (Å²) in [5.74, 6) is -1.12. The molecule has 90 valence electrons.